The Morgan fingerprint density at radius 2 is 1.81 bits per heavy atom. The summed E-state index contributed by atoms with van der Waals surface area (Å²) in [7, 11) is 0. The molecule has 0 fully saturated rings. The number of amides is 1. The number of carbonyl (C=O) groups excluding carboxylic acids is 2. The zero-order chi connectivity index (χ0) is 15.0. The molecule has 0 spiro atoms. The number of nitrogen functional groups attached to an aromatic ring is 1. The maximum Gasteiger partial charge on any atom is 0.224 e. The number of aryl methyl sites for hydroxylation is 1. The third-order valence-corrected chi connectivity index (χ3v) is 3.53. The van der Waals surface area contributed by atoms with Crippen molar-refractivity contribution in [3.8, 4) is 0 Å². The fourth-order valence-corrected chi connectivity index (χ4v) is 2.36. The molecule has 1 aliphatic heterocycles. The van der Waals surface area contributed by atoms with Crippen LogP contribution in [0.15, 0.2) is 36.4 Å². The Balaban J connectivity index is 1.95. The molecule has 106 valence electrons. The number of nitrogens with two attached hydrogens (primary N) is 1. The lowest BCUT2D eigenvalue weighted by atomic mass is 9.96. The Morgan fingerprint density at radius 3 is 2.57 bits per heavy atom. The minimum absolute atomic E-state index is 0.0136. The standard InChI is InChI=1S/C16H13FN2O2/c17-12-8-11(1-4-13(12)18)16(21)10-2-5-14-9(7-10)3-6-15(20)19-14/h1-2,4-5,7-8H,3,6,18H2,(H,19,20). The van der Waals surface area contributed by atoms with Crippen LogP contribution in [0.1, 0.15) is 27.9 Å². The molecule has 1 aliphatic rings. The summed E-state index contributed by atoms with van der Waals surface area (Å²) < 4.78 is 13.4. The summed E-state index contributed by atoms with van der Waals surface area (Å²) in [5, 5.41) is 2.76. The van der Waals surface area contributed by atoms with Gasteiger partial charge in [-0.1, -0.05) is 0 Å². The van der Waals surface area contributed by atoms with Crippen LogP contribution in [-0.4, -0.2) is 11.7 Å². The number of rotatable bonds is 2. The van der Waals surface area contributed by atoms with E-state index in [1.165, 1.54) is 12.1 Å². The van der Waals surface area contributed by atoms with Gasteiger partial charge in [-0.15, -0.1) is 0 Å². The van der Waals surface area contributed by atoms with Crippen molar-refractivity contribution >= 4 is 23.1 Å². The van der Waals surface area contributed by atoms with Crippen molar-refractivity contribution < 1.29 is 14.0 Å². The van der Waals surface area contributed by atoms with Crippen LogP contribution in [0.2, 0.25) is 0 Å². The van der Waals surface area contributed by atoms with Crippen LogP contribution >= 0.6 is 0 Å². The van der Waals surface area contributed by atoms with E-state index in [0.29, 0.717) is 18.4 Å². The van der Waals surface area contributed by atoms with Crippen molar-refractivity contribution in [2.45, 2.75) is 12.8 Å². The number of halogens is 1. The number of hydrogen-bond donors (Lipinski definition) is 2. The lowest BCUT2D eigenvalue weighted by Gasteiger charge is -2.17. The maximum atomic E-state index is 13.4. The average molecular weight is 284 g/mol. The van der Waals surface area contributed by atoms with Crippen LogP contribution in [-0.2, 0) is 11.2 Å². The SMILES string of the molecule is Nc1ccc(C(=O)c2ccc3c(c2)CCC(=O)N3)cc1F. The van der Waals surface area contributed by atoms with Crippen LogP contribution in [0.25, 0.3) is 0 Å². The molecule has 0 radical (unpaired) electrons. The van der Waals surface area contributed by atoms with E-state index in [1.54, 1.807) is 18.2 Å². The number of ketones is 1. The molecule has 1 heterocycles. The minimum atomic E-state index is -0.605. The molecule has 4 nitrogen and oxygen atoms in total. The highest BCUT2D eigenvalue weighted by atomic mass is 19.1. The first kappa shape index (κ1) is 13.3. The third-order valence-electron chi connectivity index (χ3n) is 3.53. The van der Waals surface area contributed by atoms with Crippen molar-refractivity contribution in [2.24, 2.45) is 0 Å². The molecule has 2 aromatic rings. The van der Waals surface area contributed by atoms with Gasteiger partial charge in [0.25, 0.3) is 0 Å². The van der Waals surface area contributed by atoms with E-state index in [0.717, 1.165) is 17.3 Å². The lowest BCUT2D eigenvalue weighted by molar-refractivity contribution is -0.116. The first-order valence-electron chi connectivity index (χ1n) is 6.57. The molecule has 21 heavy (non-hydrogen) atoms. The first-order valence-corrected chi connectivity index (χ1v) is 6.57. The molecule has 2 aromatic carbocycles. The number of benzene rings is 2. The van der Waals surface area contributed by atoms with Gasteiger partial charge in [-0.25, -0.2) is 4.39 Å². The summed E-state index contributed by atoms with van der Waals surface area (Å²) in [6.07, 6.45) is 1.000. The molecule has 3 rings (SSSR count). The van der Waals surface area contributed by atoms with Gasteiger partial charge in [0.05, 0.1) is 5.69 Å². The molecular formula is C16H13FN2O2. The molecular weight excluding hydrogens is 271 g/mol. The molecule has 0 bridgehead atoms. The summed E-state index contributed by atoms with van der Waals surface area (Å²) >= 11 is 0. The molecule has 0 atom stereocenters. The van der Waals surface area contributed by atoms with Crippen LogP contribution < -0.4 is 11.1 Å². The smallest absolute Gasteiger partial charge is 0.224 e. The van der Waals surface area contributed by atoms with Gasteiger partial charge >= 0.3 is 0 Å². The van der Waals surface area contributed by atoms with E-state index in [1.807, 2.05) is 0 Å². The van der Waals surface area contributed by atoms with Crippen molar-refractivity contribution in [1.82, 2.24) is 0 Å². The van der Waals surface area contributed by atoms with Crippen molar-refractivity contribution in [2.75, 3.05) is 11.1 Å². The second kappa shape index (κ2) is 5.01. The number of fused-ring (bicyclic) bond motifs is 1. The van der Waals surface area contributed by atoms with Crippen LogP contribution in [0.3, 0.4) is 0 Å². The largest absolute Gasteiger partial charge is 0.396 e. The van der Waals surface area contributed by atoms with E-state index in [9.17, 15) is 14.0 Å². The first-order chi connectivity index (χ1) is 10.0. The highest BCUT2D eigenvalue weighted by Crippen LogP contribution is 2.25. The average Bonchev–Trinajstić information content (AvgIpc) is 2.49. The molecule has 0 saturated heterocycles. The number of hydrogen-bond acceptors (Lipinski definition) is 3. The van der Waals surface area contributed by atoms with Gasteiger partial charge in [-0.05, 0) is 48.4 Å². The molecule has 5 heteroatoms. The van der Waals surface area contributed by atoms with Crippen LogP contribution in [0.5, 0.6) is 0 Å². The van der Waals surface area contributed by atoms with Crippen molar-refractivity contribution in [3.63, 3.8) is 0 Å². The van der Waals surface area contributed by atoms with E-state index >= 15 is 0 Å². The molecule has 1 amide bonds. The van der Waals surface area contributed by atoms with Gasteiger partial charge in [0.2, 0.25) is 5.91 Å². The number of nitrogens with one attached hydrogen (secondary N) is 1. The highest BCUT2D eigenvalue weighted by molar-refractivity contribution is 6.09. The monoisotopic (exact) mass is 284 g/mol. The third kappa shape index (κ3) is 2.50. The molecule has 0 aromatic heterocycles. The van der Waals surface area contributed by atoms with Crippen LogP contribution in [0, 0.1) is 5.82 Å². The van der Waals surface area contributed by atoms with Crippen molar-refractivity contribution in [1.29, 1.82) is 0 Å². The topological polar surface area (TPSA) is 72.2 Å². The predicted molar refractivity (Wildman–Crippen MR) is 77.6 cm³/mol. The predicted octanol–water partition coefficient (Wildman–Crippen LogP) is 2.52. The fourth-order valence-electron chi connectivity index (χ4n) is 2.36. The normalized spacial score (nSPS) is 13.5. The Labute approximate surface area is 120 Å². The van der Waals surface area contributed by atoms with Gasteiger partial charge in [0, 0.05) is 23.2 Å². The molecule has 3 N–H and O–H groups in total. The lowest BCUT2D eigenvalue weighted by Crippen LogP contribution is -2.19. The minimum Gasteiger partial charge on any atom is -0.396 e. The summed E-state index contributed by atoms with van der Waals surface area (Å²) in [4.78, 5) is 23.7. The van der Waals surface area contributed by atoms with Gasteiger partial charge in [0.15, 0.2) is 5.78 Å². The van der Waals surface area contributed by atoms with Gasteiger partial charge in [-0.2, -0.15) is 0 Å². The zero-order valence-corrected chi connectivity index (χ0v) is 11.2. The summed E-state index contributed by atoms with van der Waals surface area (Å²) in [6.45, 7) is 0. The summed E-state index contributed by atoms with van der Waals surface area (Å²) in [5.74, 6) is -0.901. The zero-order valence-electron chi connectivity index (χ0n) is 11.2. The number of carbonyl (C=O) groups is 2. The van der Waals surface area contributed by atoms with E-state index in [2.05, 4.69) is 5.32 Å². The Kier molecular flexibility index (Phi) is 3.17. The van der Waals surface area contributed by atoms with Gasteiger partial charge in [-0.3, -0.25) is 9.59 Å². The van der Waals surface area contributed by atoms with Crippen LogP contribution in [0.4, 0.5) is 15.8 Å². The molecule has 0 saturated carbocycles. The van der Waals surface area contributed by atoms with E-state index in [4.69, 9.17) is 5.73 Å². The second-order valence-electron chi connectivity index (χ2n) is 4.99. The maximum absolute atomic E-state index is 13.4. The molecule has 0 unspecified atom stereocenters. The van der Waals surface area contributed by atoms with Crippen molar-refractivity contribution in [3.05, 3.63) is 58.9 Å². The van der Waals surface area contributed by atoms with Gasteiger partial charge < -0.3 is 11.1 Å². The quantitative estimate of drug-likeness (QED) is 0.657. The van der Waals surface area contributed by atoms with E-state index in [-0.39, 0.29) is 22.9 Å². The Morgan fingerprint density at radius 1 is 1.10 bits per heavy atom. The Bertz CT molecular complexity index is 756. The fraction of sp³-hybridized carbons (Fsp3) is 0.125. The van der Waals surface area contributed by atoms with E-state index < -0.39 is 5.82 Å². The summed E-state index contributed by atoms with van der Waals surface area (Å²) in [5.41, 5.74) is 7.78. The molecule has 0 aliphatic carbocycles. The number of anilines is 2. The Hall–Kier alpha value is -2.69. The summed E-state index contributed by atoms with van der Waals surface area (Å²) in [6, 6.07) is 9.09. The second-order valence-corrected chi connectivity index (χ2v) is 4.99. The van der Waals surface area contributed by atoms with Gasteiger partial charge in [0.1, 0.15) is 5.82 Å². The highest BCUT2D eigenvalue weighted by Gasteiger charge is 2.17.